The summed E-state index contributed by atoms with van der Waals surface area (Å²) in [5, 5.41) is 3.31. The summed E-state index contributed by atoms with van der Waals surface area (Å²) in [6.07, 6.45) is 4.34. The lowest BCUT2D eigenvalue weighted by molar-refractivity contribution is 0.0753. The zero-order chi connectivity index (χ0) is 14.4. The summed E-state index contributed by atoms with van der Waals surface area (Å²) in [5.74, 6) is 0. The topological polar surface area (TPSA) is 41.6 Å². The first-order valence-electron chi connectivity index (χ1n) is 7.33. The van der Waals surface area contributed by atoms with Crippen LogP contribution in [0, 0.1) is 0 Å². The monoisotopic (exact) mass is 276 g/mol. The van der Waals surface area contributed by atoms with Crippen molar-refractivity contribution in [2.75, 3.05) is 14.1 Å². The van der Waals surface area contributed by atoms with Crippen LogP contribution in [0.5, 0.6) is 0 Å². The Bertz CT molecular complexity index is 422. The number of hydrogen-bond donors (Lipinski definition) is 1. The summed E-state index contributed by atoms with van der Waals surface area (Å²) in [4.78, 5) is 13.9. The van der Waals surface area contributed by atoms with Gasteiger partial charge in [-0.05, 0) is 25.5 Å². The van der Waals surface area contributed by atoms with Gasteiger partial charge in [0.2, 0.25) is 0 Å². The molecule has 1 aromatic rings. The molecule has 0 unspecified atom stereocenters. The van der Waals surface area contributed by atoms with Gasteiger partial charge in [0.05, 0.1) is 0 Å². The van der Waals surface area contributed by atoms with Crippen LogP contribution in [0.2, 0.25) is 0 Å². The van der Waals surface area contributed by atoms with E-state index in [1.807, 2.05) is 44.4 Å². The molecule has 2 rings (SSSR count). The number of likely N-dealkylation sites (N-methyl/N-ethyl adjacent to an activating group) is 2. The quantitative estimate of drug-likeness (QED) is 0.919. The number of carbonyl (C=O) groups excluding carboxylic acids is 1. The Balaban J connectivity index is 1.87. The highest BCUT2D eigenvalue weighted by Crippen LogP contribution is 2.22. The summed E-state index contributed by atoms with van der Waals surface area (Å²) >= 11 is 0. The van der Waals surface area contributed by atoms with Gasteiger partial charge in [0.1, 0.15) is 6.61 Å². The lowest BCUT2D eigenvalue weighted by atomic mass is 9.90. The van der Waals surface area contributed by atoms with Gasteiger partial charge >= 0.3 is 6.09 Å². The zero-order valence-corrected chi connectivity index (χ0v) is 12.3. The van der Waals surface area contributed by atoms with Crippen LogP contribution in [-0.2, 0) is 11.3 Å². The Morgan fingerprint density at radius 3 is 2.70 bits per heavy atom. The fourth-order valence-corrected chi connectivity index (χ4v) is 2.87. The van der Waals surface area contributed by atoms with Crippen LogP contribution in [0.4, 0.5) is 4.79 Å². The normalized spacial score (nSPS) is 22.3. The molecule has 1 aliphatic rings. The SMILES string of the molecule is CN[C@H]1CCCC[C@H]1N(C)C(=O)OCc1ccccc1. The van der Waals surface area contributed by atoms with Gasteiger partial charge in [0.15, 0.2) is 0 Å². The molecule has 0 radical (unpaired) electrons. The van der Waals surface area contributed by atoms with Crippen molar-refractivity contribution < 1.29 is 9.53 Å². The first-order valence-corrected chi connectivity index (χ1v) is 7.33. The highest BCUT2D eigenvalue weighted by atomic mass is 16.6. The molecule has 0 bridgehead atoms. The Hall–Kier alpha value is -1.55. The van der Waals surface area contributed by atoms with E-state index >= 15 is 0 Å². The number of hydrogen-bond acceptors (Lipinski definition) is 3. The van der Waals surface area contributed by atoms with E-state index in [9.17, 15) is 4.79 Å². The van der Waals surface area contributed by atoms with Crippen molar-refractivity contribution in [3.8, 4) is 0 Å². The molecule has 0 spiro atoms. The molecule has 1 aliphatic carbocycles. The van der Waals surface area contributed by atoms with Gasteiger partial charge in [-0.2, -0.15) is 0 Å². The molecule has 1 saturated carbocycles. The molecule has 1 aromatic carbocycles. The van der Waals surface area contributed by atoms with Crippen LogP contribution in [-0.4, -0.2) is 37.2 Å². The smallest absolute Gasteiger partial charge is 0.410 e. The van der Waals surface area contributed by atoms with Crippen LogP contribution in [0.1, 0.15) is 31.2 Å². The molecule has 4 nitrogen and oxygen atoms in total. The Labute approximate surface area is 121 Å². The molecule has 20 heavy (non-hydrogen) atoms. The van der Waals surface area contributed by atoms with E-state index in [1.165, 1.54) is 12.8 Å². The molecule has 1 N–H and O–H groups in total. The molecule has 1 fully saturated rings. The van der Waals surface area contributed by atoms with Crippen molar-refractivity contribution in [2.24, 2.45) is 0 Å². The first-order chi connectivity index (χ1) is 9.72. The van der Waals surface area contributed by atoms with E-state index in [1.54, 1.807) is 4.90 Å². The number of nitrogens with one attached hydrogen (secondary N) is 1. The van der Waals surface area contributed by atoms with Gasteiger partial charge in [-0.15, -0.1) is 0 Å². The number of ether oxygens (including phenoxy) is 1. The zero-order valence-electron chi connectivity index (χ0n) is 12.3. The van der Waals surface area contributed by atoms with Gasteiger partial charge in [-0.25, -0.2) is 4.79 Å². The number of benzene rings is 1. The highest BCUT2D eigenvalue weighted by molar-refractivity contribution is 5.67. The molecule has 0 aliphatic heterocycles. The number of nitrogens with zero attached hydrogens (tertiary/aromatic N) is 1. The predicted octanol–water partition coefficient (Wildman–Crippen LogP) is 2.79. The van der Waals surface area contributed by atoms with Crippen molar-refractivity contribution in [1.29, 1.82) is 0 Å². The standard InChI is InChI=1S/C16H24N2O2/c1-17-14-10-6-7-11-15(14)18(2)16(19)20-12-13-8-4-3-5-9-13/h3-5,8-9,14-15,17H,6-7,10-12H2,1-2H3/t14-,15+/m0/s1. The van der Waals surface area contributed by atoms with Gasteiger partial charge in [0, 0.05) is 19.1 Å². The van der Waals surface area contributed by atoms with Crippen LogP contribution >= 0.6 is 0 Å². The predicted molar refractivity (Wildman–Crippen MR) is 79.5 cm³/mol. The van der Waals surface area contributed by atoms with Gasteiger partial charge in [-0.3, -0.25) is 0 Å². The molecule has 0 heterocycles. The summed E-state index contributed by atoms with van der Waals surface area (Å²) in [6.45, 7) is 0.334. The fraction of sp³-hybridized carbons (Fsp3) is 0.562. The Kier molecular flexibility index (Phi) is 5.41. The summed E-state index contributed by atoms with van der Waals surface area (Å²) in [7, 11) is 3.81. The van der Waals surface area contributed by atoms with E-state index in [2.05, 4.69) is 5.32 Å². The molecule has 1 amide bonds. The molecule has 2 atom stereocenters. The number of rotatable bonds is 4. The van der Waals surface area contributed by atoms with Crippen LogP contribution in [0.25, 0.3) is 0 Å². The minimum atomic E-state index is -0.235. The maximum Gasteiger partial charge on any atom is 0.410 e. The van der Waals surface area contributed by atoms with Gasteiger partial charge < -0.3 is 15.0 Å². The lowest BCUT2D eigenvalue weighted by Gasteiger charge is -2.37. The third kappa shape index (κ3) is 3.73. The first kappa shape index (κ1) is 14.9. The van der Waals surface area contributed by atoms with Crippen molar-refractivity contribution in [2.45, 2.75) is 44.4 Å². The molecule has 0 aromatic heterocycles. The Morgan fingerprint density at radius 1 is 1.30 bits per heavy atom. The maximum absolute atomic E-state index is 12.2. The maximum atomic E-state index is 12.2. The van der Waals surface area contributed by atoms with Gasteiger partial charge in [0.25, 0.3) is 0 Å². The molecular weight excluding hydrogens is 252 g/mol. The second-order valence-electron chi connectivity index (χ2n) is 5.40. The summed E-state index contributed by atoms with van der Waals surface area (Å²) in [6, 6.07) is 10.4. The molecule has 4 heteroatoms. The van der Waals surface area contributed by atoms with Crippen molar-refractivity contribution in [1.82, 2.24) is 10.2 Å². The molecule has 110 valence electrons. The third-order valence-electron chi connectivity index (χ3n) is 4.09. The minimum absolute atomic E-state index is 0.233. The van der Waals surface area contributed by atoms with E-state index < -0.39 is 0 Å². The third-order valence-corrected chi connectivity index (χ3v) is 4.09. The van der Waals surface area contributed by atoms with E-state index in [-0.39, 0.29) is 12.1 Å². The number of carbonyl (C=O) groups is 1. The Morgan fingerprint density at radius 2 is 2.00 bits per heavy atom. The van der Waals surface area contributed by atoms with Crippen molar-refractivity contribution >= 4 is 6.09 Å². The number of amides is 1. The second kappa shape index (κ2) is 7.29. The molecular formula is C16H24N2O2. The van der Waals surface area contributed by atoms with E-state index in [4.69, 9.17) is 4.74 Å². The van der Waals surface area contributed by atoms with Crippen LogP contribution in [0.3, 0.4) is 0 Å². The van der Waals surface area contributed by atoms with E-state index in [0.29, 0.717) is 12.6 Å². The largest absolute Gasteiger partial charge is 0.445 e. The highest BCUT2D eigenvalue weighted by Gasteiger charge is 2.30. The van der Waals surface area contributed by atoms with Crippen LogP contribution in [0.15, 0.2) is 30.3 Å². The minimum Gasteiger partial charge on any atom is -0.445 e. The van der Waals surface area contributed by atoms with Crippen molar-refractivity contribution in [3.63, 3.8) is 0 Å². The van der Waals surface area contributed by atoms with Gasteiger partial charge in [-0.1, -0.05) is 43.2 Å². The average Bonchev–Trinajstić information content (AvgIpc) is 2.52. The lowest BCUT2D eigenvalue weighted by Crippen LogP contribution is -2.51. The second-order valence-corrected chi connectivity index (χ2v) is 5.40. The van der Waals surface area contributed by atoms with Crippen LogP contribution < -0.4 is 5.32 Å². The van der Waals surface area contributed by atoms with Crippen molar-refractivity contribution in [3.05, 3.63) is 35.9 Å². The van der Waals surface area contributed by atoms with E-state index in [0.717, 1.165) is 18.4 Å². The fourth-order valence-electron chi connectivity index (χ4n) is 2.87. The summed E-state index contributed by atoms with van der Waals surface area (Å²) < 4.78 is 5.40. The molecule has 0 saturated heterocycles. The summed E-state index contributed by atoms with van der Waals surface area (Å²) in [5.41, 5.74) is 1.02. The average molecular weight is 276 g/mol.